The van der Waals surface area contributed by atoms with Crippen molar-refractivity contribution >= 4 is 11.6 Å². The van der Waals surface area contributed by atoms with Gasteiger partial charge < -0.3 is 4.74 Å². The maximum atomic E-state index is 11.7. The molecule has 4 heteroatoms. The molecule has 1 rings (SSSR count). The van der Waals surface area contributed by atoms with E-state index in [0.29, 0.717) is 5.56 Å². The van der Waals surface area contributed by atoms with E-state index in [9.17, 15) is 4.79 Å². The zero-order valence-corrected chi connectivity index (χ0v) is 10.5. The van der Waals surface area contributed by atoms with Gasteiger partial charge in [0, 0.05) is 11.3 Å². The third-order valence-corrected chi connectivity index (χ3v) is 2.31. The largest absolute Gasteiger partial charge is 0.497 e. The fourth-order valence-corrected chi connectivity index (χ4v) is 1.37. The van der Waals surface area contributed by atoms with Crippen LogP contribution in [-0.4, -0.2) is 18.7 Å². The van der Waals surface area contributed by atoms with Crippen LogP contribution in [-0.2, 0) is 0 Å². The van der Waals surface area contributed by atoms with Gasteiger partial charge in [0.05, 0.1) is 7.11 Å². The zero-order valence-electron chi connectivity index (χ0n) is 10.5. The number of benzene rings is 1. The van der Waals surface area contributed by atoms with Crippen LogP contribution in [0.25, 0.3) is 0 Å². The van der Waals surface area contributed by atoms with Gasteiger partial charge in [0.1, 0.15) is 5.75 Å². The molecule has 0 aliphatic carbocycles. The second kappa shape index (κ2) is 6.68. The summed E-state index contributed by atoms with van der Waals surface area (Å²) in [6, 6.07) is 6.91. The summed E-state index contributed by atoms with van der Waals surface area (Å²) in [7, 11) is 1.59. The van der Waals surface area contributed by atoms with Crippen LogP contribution in [0.3, 0.4) is 0 Å². The second-order valence-corrected chi connectivity index (χ2v) is 3.77. The predicted molar refractivity (Wildman–Crippen MR) is 68.5 cm³/mol. The van der Waals surface area contributed by atoms with E-state index in [1.54, 1.807) is 31.4 Å². The minimum absolute atomic E-state index is 0.205. The molecule has 0 spiro atoms. The number of hydrazone groups is 1. The molecule has 1 amide bonds. The van der Waals surface area contributed by atoms with Gasteiger partial charge in [-0.15, -0.1) is 0 Å². The molecule has 1 N–H and O–H groups in total. The van der Waals surface area contributed by atoms with Crippen molar-refractivity contribution in [3.8, 4) is 5.75 Å². The van der Waals surface area contributed by atoms with Gasteiger partial charge in [0.25, 0.3) is 5.91 Å². The summed E-state index contributed by atoms with van der Waals surface area (Å²) in [5.41, 5.74) is 4.02. The van der Waals surface area contributed by atoms with E-state index in [2.05, 4.69) is 17.5 Å². The number of methoxy groups -OCH3 is 1. The molecule has 0 aromatic heterocycles. The lowest BCUT2D eigenvalue weighted by atomic mass is 10.2. The molecule has 1 aromatic rings. The molecular formula is C13H18N2O2. The van der Waals surface area contributed by atoms with E-state index in [4.69, 9.17) is 4.74 Å². The normalized spacial score (nSPS) is 11.1. The van der Waals surface area contributed by atoms with E-state index in [0.717, 1.165) is 24.3 Å². The summed E-state index contributed by atoms with van der Waals surface area (Å²) < 4.78 is 5.02. The quantitative estimate of drug-likeness (QED) is 0.629. The Kier molecular flexibility index (Phi) is 5.20. The third-order valence-electron chi connectivity index (χ3n) is 2.31. The standard InChI is InChI=1S/C13H18N2O2/c1-4-5-10(2)14-15-13(16)11-6-8-12(17-3)9-7-11/h6-9H,4-5H2,1-3H3,(H,15,16). The van der Waals surface area contributed by atoms with Crippen LogP contribution in [0.2, 0.25) is 0 Å². The predicted octanol–water partition coefficient (Wildman–Crippen LogP) is 2.60. The van der Waals surface area contributed by atoms with Crippen molar-refractivity contribution in [3.63, 3.8) is 0 Å². The van der Waals surface area contributed by atoms with Gasteiger partial charge in [-0.25, -0.2) is 5.43 Å². The molecule has 1 aromatic carbocycles. The highest BCUT2D eigenvalue weighted by molar-refractivity contribution is 5.95. The fourth-order valence-electron chi connectivity index (χ4n) is 1.37. The van der Waals surface area contributed by atoms with Crippen LogP contribution in [0.15, 0.2) is 29.4 Å². The molecular weight excluding hydrogens is 216 g/mol. The lowest BCUT2D eigenvalue weighted by Crippen LogP contribution is -2.18. The fraction of sp³-hybridized carbons (Fsp3) is 0.385. The first kappa shape index (κ1) is 13.2. The van der Waals surface area contributed by atoms with Gasteiger partial charge in [-0.1, -0.05) is 13.3 Å². The summed E-state index contributed by atoms with van der Waals surface area (Å²) >= 11 is 0. The van der Waals surface area contributed by atoms with Gasteiger partial charge >= 0.3 is 0 Å². The molecule has 17 heavy (non-hydrogen) atoms. The number of hydrogen-bond donors (Lipinski definition) is 1. The Bertz CT molecular complexity index is 396. The Hall–Kier alpha value is -1.84. The number of carbonyl (C=O) groups is 1. The van der Waals surface area contributed by atoms with Crippen LogP contribution in [0.4, 0.5) is 0 Å². The van der Waals surface area contributed by atoms with Crippen molar-refractivity contribution in [2.75, 3.05) is 7.11 Å². The topological polar surface area (TPSA) is 50.7 Å². The van der Waals surface area contributed by atoms with Crippen LogP contribution in [0, 0.1) is 0 Å². The van der Waals surface area contributed by atoms with Gasteiger partial charge in [-0.05, 0) is 37.6 Å². The van der Waals surface area contributed by atoms with Crippen LogP contribution in [0.5, 0.6) is 5.75 Å². The Balaban J connectivity index is 2.60. The van der Waals surface area contributed by atoms with Crippen molar-refractivity contribution in [3.05, 3.63) is 29.8 Å². The van der Waals surface area contributed by atoms with Gasteiger partial charge in [-0.3, -0.25) is 4.79 Å². The Morgan fingerprint density at radius 3 is 2.53 bits per heavy atom. The monoisotopic (exact) mass is 234 g/mol. The van der Waals surface area contributed by atoms with Crippen LogP contribution in [0.1, 0.15) is 37.0 Å². The van der Waals surface area contributed by atoms with E-state index in [-0.39, 0.29) is 5.91 Å². The van der Waals surface area contributed by atoms with Crippen molar-refractivity contribution in [1.82, 2.24) is 5.43 Å². The highest BCUT2D eigenvalue weighted by Crippen LogP contribution is 2.10. The third kappa shape index (κ3) is 4.26. The van der Waals surface area contributed by atoms with Crippen molar-refractivity contribution < 1.29 is 9.53 Å². The number of carbonyl (C=O) groups excluding carboxylic acids is 1. The van der Waals surface area contributed by atoms with Crippen LogP contribution >= 0.6 is 0 Å². The molecule has 0 radical (unpaired) electrons. The summed E-state index contributed by atoms with van der Waals surface area (Å²) in [5.74, 6) is 0.523. The first-order valence-corrected chi connectivity index (χ1v) is 5.65. The first-order valence-electron chi connectivity index (χ1n) is 5.65. The van der Waals surface area contributed by atoms with E-state index < -0.39 is 0 Å². The second-order valence-electron chi connectivity index (χ2n) is 3.77. The molecule has 0 saturated heterocycles. The number of rotatable bonds is 5. The molecule has 0 fully saturated rings. The molecule has 92 valence electrons. The summed E-state index contributed by atoms with van der Waals surface area (Å²) in [6.45, 7) is 3.97. The van der Waals surface area contributed by atoms with E-state index in [1.807, 2.05) is 6.92 Å². The highest BCUT2D eigenvalue weighted by Gasteiger charge is 2.04. The Morgan fingerprint density at radius 2 is 2.00 bits per heavy atom. The maximum Gasteiger partial charge on any atom is 0.271 e. The number of amides is 1. The zero-order chi connectivity index (χ0) is 12.7. The maximum absolute atomic E-state index is 11.7. The number of hydrogen-bond acceptors (Lipinski definition) is 3. The number of nitrogens with one attached hydrogen (secondary N) is 1. The number of nitrogens with zero attached hydrogens (tertiary/aromatic N) is 1. The van der Waals surface area contributed by atoms with E-state index in [1.165, 1.54) is 0 Å². The average molecular weight is 234 g/mol. The smallest absolute Gasteiger partial charge is 0.271 e. The summed E-state index contributed by atoms with van der Waals surface area (Å²) in [6.07, 6.45) is 1.91. The lowest BCUT2D eigenvalue weighted by Gasteiger charge is -2.03. The molecule has 0 heterocycles. The molecule has 0 unspecified atom stereocenters. The summed E-state index contributed by atoms with van der Waals surface area (Å²) in [5, 5.41) is 4.02. The van der Waals surface area contributed by atoms with Gasteiger partial charge in [0.2, 0.25) is 0 Å². The van der Waals surface area contributed by atoms with E-state index >= 15 is 0 Å². The molecule has 0 atom stereocenters. The minimum atomic E-state index is -0.205. The first-order chi connectivity index (χ1) is 8.17. The molecule has 0 bridgehead atoms. The molecule has 0 aliphatic heterocycles. The SMILES string of the molecule is CCCC(C)=NNC(=O)c1ccc(OC)cc1. The van der Waals surface area contributed by atoms with Crippen LogP contribution < -0.4 is 10.2 Å². The molecule has 0 aliphatic rings. The van der Waals surface area contributed by atoms with Crippen molar-refractivity contribution in [2.45, 2.75) is 26.7 Å². The Labute approximate surface area is 102 Å². The van der Waals surface area contributed by atoms with Gasteiger partial charge in [0.15, 0.2) is 0 Å². The molecule has 4 nitrogen and oxygen atoms in total. The highest BCUT2D eigenvalue weighted by atomic mass is 16.5. The molecule has 0 saturated carbocycles. The number of ether oxygens (including phenoxy) is 1. The van der Waals surface area contributed by atoms with Crippen molar-refractivity contribution in [1.29, 1.82) is 0 Å². The lowest BCUT2D eigenvalue weighted by molar-refractivity contribution is 0.0954. The van der Waals surface area contributed by atoms with Crippen molar-refractivity contribution in [2.24, 2.45) is 5.10 Å². The summed E-state index contributed by atoms with van der Waals surface area (Å²) in [4.78, 5) is 11.7. The Morgan fingerprint density at radius 1 is 1.35 bits per heavy atom. The van der Waals surface area contributed by atoms with Gasteiger partial charge in [-0.2, -0.15) is 5.10 Å². The minimum Gasteiger partial charge on any atom is -0.497 e. The average Bonchev–Trinajstić information content (AvgIpc) is 2.36.